The number of thiophene rings is 1. The molecule has 5 heteroatoms. The molecule has 1 heterocycles. The number of rotatable bonds is 5. The number of nitrogens with one attached hydrogen (secondary N) is 1. The lowest BCUT2D eigenvalue weighted by Crippen LogP contribution is -2.39. The van der Waals surface area contributed by atoms with Gasteiger partial charge in [0.15, 0.2) is 0 Å². The van der Waals surface area contributed by atoms with Crippen LogP contribution in [0.15, 0.2) is 16.8 Å². The molecule has 1 saturated carbocycles. The van der Waals surface area contributed by atoms with Crippen LogP contribution in [-0.2, 0) is 4.79 Å². The molecular formula is C14H21NO3S. The number of aliphatic hydroxyl groups is 2. The first-order chi connectivity index (χ1) is 9.09. The Labute approximate surface area is 117 Å². The smallest absolute Gasteiger partial charge is 0.222 e. The molecule has 1 atom stereocenters. The van der Waals surface area contributed by atoms with Crippen molar-refractivity contribution in [3.8, 4) is 0 Å². The van der Waals surface area contributed by atoms with E-state index in [-0.39, 0.29) is 18.9 Å². The third-order valence-electron chi connectivity index (χ3n) is 3.69. The maximum atomic E-state index is 11.8. The molecule has 0 bridgehead atoms. The van der Waals surface area contributed by atoms with Crippen molar-refractivity contribution in [3.05, 3.63) is 22.4 Å². The Morgan fingerprint density at radius 2 is 2.16 bits per heavy atom. The van der Waals surface area contributed by atoms with E-state index in [4.69, 9.17) is 0 Å². The number of amides is 1. The van der Waals surface area contributed by atoms with E-state index in [0.29, 0.717) is 12.8 Å². The minimum atomic E-state index is -0.838. The highest BCUT2D eigenvalue weighted by atomic mass is 32.1. The zero-order valence-electron chi connectivity index (χ0n) is 11.0. The van der Waals surface area contributed by atoms with E-state index >= 15 is 0 Å². The molecule has 1 fully saturated rings. The quantitative estimate of drug-likeness (QED) is 0.774. The van der Waals surface area contributed by atoms with Crippen molar-refractivity contribution in [2.45, 2.75) is 50.2 Å². The van der Waals surface area contributed by atoms with Crippen LogP contribution >= 0.6 is 11.3 Å². The van der Waals surface area contributed by atoms with Gasteiger partial charge in [0.1, 0.15) is 0 Å². The van der Waals surface area contributed by atoms with Crippen LogP contribution < -0.4 is 5.32 Å². The predicted octanol–water partition coefficient (Wildman–Crippen LogP) is 1.98. The summed E-state index contributed by atoms with van der Waals surface area (Å²) in [5.41, 5.74) is -0.0166. The van der Waals surface area contributed by atoms with E-state index in [0.717, 1.165) is 24.8 Å². The first kappa shape index (κ1) is 14.5. The van der Waals surface area contributed by atoms with Crippen LogP contribution in [0.2, 0.25) is 0 Å². The summed E-state index contributed by atoms with van der Waals surface area (Å²) in [6, 6.07) is 1.84. The molecule has 4 nitrogen and oxygen atoms in total. The Hall–Kier alpha value is -0.910. The summed E-state index contributed by atoms with van der Waals surface area (Å²) in [6.07, 6.45) is 3.99. The first-order valence-electron chi connectivity index (χ1n) is 6.78. The van der Waals surface area contributed by atoms with Crippen LogP contribution in [0.25, 0.3) is 0 Å². The van der Waals surface area contributed by atoms with E-state index in [9.17, 15) is 15.0 Å². The molecule has 19 heavy (non-hydrogen) atoms. The number of hydrogen-bond acceptors (Lipinski definition) is 4. The lowest BCUT2D eigenvalue weighted by molar-refractivity contribution is -0.127. The largest absolute Gasteiger partial charge is 0.389 e. The zero-order chi connectivity index (χ0) is 13.7. The highest BCUT2D eigenvalue weighted by molar-refractivity contribution is 7.07. The Balaban J connectivity index is 1.75. The summed E-state index contributed by atoms with van der Waals surface area (Å²) >= 11 is 1.52. The van der Waals surface area contributed by atoms with E-state index in [1.165, 1.54) is 11.3 Å². The second kappa shape index (κ2) is 6.50. The molecule has 106 valence electrons. The second-order valence-electron chi connectivity index (χ2n) is 5.34. The lowest BCUT2D eigenvalue weighted by atomic mass is 9.82. The third kappa shape index (κ3) is 4.30. The number of aliphatic hydroxyl groups excluding tert-OH is 1. The molecule has 2 rings (SSSR count). The lowest BCUT2D eigenvalue weighted by Gasteiger charge is -2.31. The van der Waals surface area contributed by atoms with E-state index in [2.05, 4.69) is 5.32 Å². The molecular weight excluding hydrogens is 262 g/mol. The van der Waals surface area contributed by atoms with Crippen LogP contribution in [0.3, 0.4) is 0 Å². The first-order valence-corrected chi connectivity index (χ1v) is 7.73. The van der Waals surface area contributed by atoms with E-state index < -0.39 is 11.7 Å². The Bertz CT molecular complexity index is 399. The number of carbonyl (C=O) groups is 1. The summed E-state index contributed by atoms with van der Waals surface area (Å²) in [6.45, 7) is 0.200. The number of carbonyl (C=O) groups excluding carboxylic acids is 1. The van der Waals surface area contributed by atoms with Crippen molar-refractivity contribution < 1.29 is 15.0 Å². The second-order valence-corrected chi connectivity index (χ2v) is 6.12. The van der Waals surface area contributed by atoms with Gasteiger partial charge in [-0.25, -0.2) is 0 Å². The van der Waals surface area contributed by atoms with E-state index in [1.54, 1.807) is 0 Å². The van der Waals surface area contributed by atoms with Gasteiger partial charge in [-0.05, 0) is 35.2 Å². The Morgan fingerprint density at radius 3 is 2.79 bits per heavy atom. The fraction of sp³-hybridized carbons (Fsp3) is 0.643. The average Bonchev–Trinajstić information content (AvgIpc) is 2.90. The van der Waals surface area contributed by atoms with Crippen LogP contribution in [-0.4, -0.2) is 28.3 Å². The molecule has 1 aromatic rings. The van der Waals surface area contributed by atoms with Gasteiger partial charge in [0.05, 0.1) is 18.1 Å². The Kier molecular flexibility index (Phi) is 4.96. The predicted molar refractivity (Wildman–Crippen MR) is 74.9 cm³/mol. The van der Waals surface area contributed by atoms with Crippen molar-refractivity contribution >= 4 is 17.2 Å². The molecule has 0 radical (unpaired) electrons. The van der Waals surface area contributed by atoms with Crippen molar-refractivity contribution in [1.29, 1.82) is 0 Å². The van der Waals surface area contributed by atoms with Crippen molar-refractivity contribution in [2.75, 3.05) is 6.54 Å². The van der Waals surface area contributed by atoms with Gasteiger partial charge in [-0.3, -0.25) is 4.79 Å². The molecule has 1 aromatic heterocycles. The van der Waals surface area contributed by atoms with Gasteiger partial charge in [0.2, 0.25) is 5.91 Å². The minimum absolute atomic E-state index is 0.142. The van der Waals surface area contributed by atoms with Crippen LogP contribution in [0.5, 0.6) is 0 Å². The normalized spacial score (nSPS) is 19.9. The standard InChI is InChI=1S/C14H21NO3S/c16-12(11-4-7-19-10-11)9-15-13(17)8-14(18)5-2-1-3-6-14/h4,7,10,12,16,18H,1-3,5-6,8-9H2,(H,15,17). The van der Waals surface area contributed by atoms with Crippen LogP contribution in [0, 0.1) is 0 Å². The molecule has 1 aliphatic carbocycles. The van der Waals surface area contributed by atoms with Crippen molar-refractivity contribution in [3.63, 3.8) is 0 Å². The SMILES string of the molecule is O=C(CC1(O)CCCCC1)NCC(O)c1ccsc1. The fourth-order valence-electron chi connectivity index (χ4n) is 2.54. The molecule has 0 aliphatic heterocycles. The van der Waals surface area contributed by atoms with Gasteiger partial charge < -0.3 is 15.5 Å². The maximum absolute atomic E-state index is 11.8. The van der Waals surface area contributed by atoms with Crippen molar-refractivity contribution in [2.24, 2.45) is 0 Å². The van der Waals surface area contributed by atoms with Crippen LogP contribution in [0.1, 0.15) is 50.2 Å². The van der Waals surface area contributed by atoms with Crippen molar-refractivity contribution in [1.82, 2.24) is 5.32 Å². The molecule has 1 unspecified atom stereocenters. The molecule has 3 N–H and O–H groups in total. The van der Waals surface area contributed by atoms with Gasteiger partial charge in [-0.15, -0.1) is 0 Å². The minimum Gasteiger partial charge on any atom is -0.389 e. The van der Waals surface area contributed by atoms with Gasteiger partial charge >= 0.3 is 0 Å². The molecule has 0 spiro atoms. The zero-order valence-corrected chi connectivity index (χ0v) is 11.8. The summed E-state index contributed by atoms with van der Waals surface area (Å²) in [4.78, 5) is 11.8. The molecule has 1 aliphatic rings. The summed E-state index contributed by atoms with van der Waals surface area (Å²) < 4.78 is 0. The van der Waals surface area contributed by atoms with Gasteiger partial charge in [-0.2, -0.15) is 11.3 Å². The van der Waals surface area contributed by atoms with Gasteiger partial charge in [0.25, 0.3) is 0 Å². The van der Waals surface area contributed by atoms with E-state index in [1.807, 2.05) is 16.8 Å². The molecule has 0 saturated heterocycles. The molecule has 1 amide bonds. The number of hydrogen-bond donors (Lipinski definition) is 3. The average molecular weight is 283 g/mol. The topological polar surface area (TPSA) is 69.6 Å². The summed E-state index contributed by atoms with van der Waals surface area (Å²) in [5, 5.41) is 26.6. The molecule has 0 aromatic carbocycles. The fourth-order valence-corrected chi connectivity index (χ4v) is 3.25. The Morgan fingerprint density at radius 1 is 1.42 bits per heavy atom. The maximum Gasteiger partial charge on any atom is 0.222 e. The summed E-state index contributed by atoms with van der Waals surface area (Å²) in [5.74, 6) is -0.182. The van der Waals surface area contributed by atoms with Gasteiger partial charge in [-0.1, -0.05) is 19.3 Å². The van der Waals surface area contributed by atoms with Gasteiger partial charge in [0, 0.05) is 6.54 Å². The highest BCUT2D eigenvalue weighted by Crippen LogP contribution is 2.30. The third-order valence-corrected chi connectivity index (χ3v) is 4.40. The van der Waals surface area contributed by atoms with Crippen LogP contribution in [0.4, 0.5) is 0 Å². The summed E-state index contributed by atoms with van der Waals surface area (Å²) in [7, 11) is 0. The monoisotopic (exact) mass is 283 g/mol. The highest BCUT2D eigenvalue weighted by Gasteiger charge is 2.31.